The van der Waals surface area contributed by atoms with Gasteiger partial charge in [0.05, 0.1) is 5.37 Å². The number of thioether (sulfide) groups is 1. The third-order valence-electron chi connectivity index (χ3n) is 3.11. The van der Waals surface area contributed by atoms with Gasteiger partial charge < -0.3 is 5.32 Å². The van der Waals surface area contributed by atoms with Gasteiger partial charge >= 0.3 is 0 Å². The summed E-state index contributed by atoms with van der Waals surface area (Å²) in [5, 5.41) is 4.09. The molecular formula is C14H21NS. The Hall–Kier alpha value is -0.470. The summed E-state index contributed by atoms with van der Waals surface area (Å²) in [6.07, 6.45) is 0. The van der Waals surface area contributed by atoms with Gasteiger partial charge in [-0.3, -0.25) is 0 Å². The van der Waals surface area contributed by atoms with E-state index in [9.17, 15) is 0 Å². The van der Waals surface area contributed by atoms with Crippen molar-refractivity contribution < 1.29 is 0 Å². The molecule has 0 radical (unpaired) electrons. The standard InChI is InChI=1S/C14H21NS/c1-10(2)12-4-6-13(7-5-12)14-15-8-11(3)9-16-14/h4-7,10-11,14-15H,8-9H2,1-3H3. The predicted octanol–water partition coefficient (Wildman–Crippen LogP) is 3.78. The van der Waals surface area contributed by atoms with Gasteiger partial charge in [0.1, 0.15) is 0 Å². The first-order chi connectivity index (χ1) is 7.66. The van der Waals surface area contributed by atoms with Crippen LogP contribution in [-0.2, 0) is 0 Å². The van der Waals surface area contributed by atoms with Gasteiger partial charge in [0.25, 0.3) is 0 Å². The van der Waals surface area contributed by atoms with Crippen molar-refractivity contribution in [3.8, 4) is 0 Å². The Bertz CT molecular complexity index is 323. The van der Waals surface area contributed by atoms with Crippen LogP contribution in [0.25, 0.3) is 0 Å². The molecule has 1 fully saturated rings. The molecule has 16 heavy (non-hydrogen) atoms. The Morgan fingerprint density at radius 2 is 1.94 bits per heavy atom. The summed E-state index contributed by atoms with van der Waals surface area (Å²) in [6, 6.07) is 9.08. The van der Waals surface area contributed by atoms with Crippen LogP contribution in [0.4, 0.5) is 0 Å². The lowest BCUT2D eigenvalue weighted by Crippen LogP contribution is -2.31. The van der Waals surface area contributed by atoms with Gasteiger partial charge in [0.15, 0.2) is 0 Å². The molecule has 1 nitrogen and oxygen atoms in total. The van der Waals surface area contributed by atoms with Crippen LogP contribution in [-0.4, -0.2) is 12.3 Å². The zero-order valence-electron chi connectivity index (χ0n) is 10.4. The maximum absolute atomic E-state index is 3.60. The van der Waals surface area contributed by atoms with Crippen molar-refractivity contribution >= 4 is 11.8 Å². The van der Waals surface area contributed by atoms with Crippen molar-refractivity contribution in [3.05, 3.63) is 35.4 Å². The topological polar surface area (TPSA) is 12.0 Å². The molecule has 1 N–H and O–H groups in total. The van der Waals surface area contributed by atoms with E-state index in [2.05, 4.69) is 50.4 Å². The van der Waals surface area contributed by atoms with E-state index >= 15 is 0 Å². The molecular weight excluding hydrogens is 214 g/mol. The fourth-order valence-electron chi connectivity index (χ4n) is 1.96. The zero-order chi connectivity index (χ0) is 11.5. The SMILES string of the molecule is CC1CNC(c2ccc(C(C)C)cc2)SC1. The maximum atomic E-state index is 3.60. The molecule has 88 valence electrons. The normalized spacial score (nSPS) is 26.0. The maximum Gasteiger partial charge on any atom is 0.0789 e. The molecule has 1 aromatic carbocycles. The molecule has 0 aliphatic carbocycles. The average molecular weight is 235 g/mol. The monoisotopic (exact) mass is 235 g/mol. The fourth-order valence-corrected chi connectivity index (χ4v) is 3.16. The smallest absolute Gasteiger partial charge is 0.0789 e. The highest BCUT2D eigenvalue weighted by Gasteiger charge is 2.19. The molecule has 2 rings (SSSR count). The van der Waals surface area contributed by atoms with E-state index in [0.29, 0.717) is 11.3 Å². The van der Waals surface area contributed by atoms with Gasteiger partial charge in [0.2, 0.25) is 0 Å². The second-order valence-corrected chi connectivity index (χ2v) is 6.19. The number of hydrogen-bond donors (Lipinski definition) is 1. The van der Waals surface area contributed by atoms with Gasteiger partial charge in [-0.05, 0) is 35.3 Å². The lowest BCUT2D eigenvalue weighted by Gasteiger charge is -2.27. The molecule has 0 spiro atoms. The lowest BCUT2D eigenvalue weighted by atomic mass is 10.0. The van der Waals surface area contributed by atoms with Crippen LogP contribution >= 0.6 is 11.8 Å². The van der Waals surface area contributed by atoms with Gasteiger partial charge in [-0.15, -0.1) is 11.8 Å². The van der Waals surface area contributed by atoms with Crippen molar-refractivity contribution in [1.82, 2.24) is 5.32 Å². The van der Waals surface area contributed by atoms with Crippen LogP contribution in [0.2, 0.25) is 0 Å². The lowest BCUT2D eigenvalue weighted by molar-refractivity contribution is 0.529. The molecule has 2 unspecified atom stereocenters. The quantitative estimate of drug-likeness (QED) is 0.837. The molecule has 0 amide bonds. The van der Waals surface area contributed by atoms with E-state index in [4.69, 9.17) is 0 Å². The first-order valence-electron chi connectivity index (χ1n) is 6.11. The summed E-state index contributed by atoms with van der Waals surface area (Å²) in [5.41, 5.74) is 2.85. The summed E-state index contributed by atoms with van der Waals surface area (Å²) in [5.74, 6) is 2.70. The largest absolute Gasteiger partial charge is 0.301 e. The molecule has 1 aliphatic rings. The minimum atomic E-state index is 0.498. The number of hydrogen-bond acceptors (Lipinski definition) is 2. The number of rotatable bonds is 2. The van der Waals surface area contributed by atoms with Crippen molar-refractivity contribution in [2.45, 2.75) is 32.1 Å². The van der Waals surface area contributed by atoms with Crippen LogP contribution < -0.4 is 5.32 Å². The molecule has 0 aromatic heterocycles. The van der Waals surface area contributed by atoms with E-state index < -0.39 is 0 Å². The summed E-state index contributed by atoms with van der Waals surface area (Å²) in [4.78, 5) is 0. The minimum absolute atomic E-state index is 0.498. The van der Waals surface area contributed by atoms with Gasteiger partial charge in [-0.1, -0.05) is 45.0 Å². The minimum Gasteiger partial charge on any atom is -0.301 e. The van der Waals surface area contributed by atoms with E-state index in [0.717, 1.165) is 12.5 Å². The Morgan fingerprint density at radius 1 is 1.25 bits per heavy atom. The number of nitrogens with one attached hydrogen (secondary N) is 1. The fraction of sp³-hybridized carbons (Fsp3) is 0.571. The van der Waals surface area contributed by atoms with Crippen molar-refractivity contribution in [2.24, 2.45) is 5.92 Å². The molecule has 2 heteroatoms. The van der Waals surface area contributed by atoms with E-state index in [1.165, 1.54) is 16.9 Å². The molecule has 1 saturated heterocycles. The van der Waals surface area contributed by atoms with Crippen molar-refractivity contribution in [2.75, 3.05) is 12.3 Å². The van der Waals surface area contributed by atoms with Crippen molar-refractivity contribution in [1.29, 1.82) is 0 Å². The first-order valence-corrected chi connectivity index (χ1v) is 7.16. The Kier molecular flexibility index (Phi) is 3.93. The third kappa shape index (κ3) is 2.80. The molecule has 0 bridgehead atoms. The predicted molar refractivity (Wildman–Crippen MR) is 72.9 cm³/mol. The van der Waals surface area contributed by atoms with Gasteiger partial charge in [0, 0.05) is 0 Å². The highest BCUT2D eigenvalue weighted by atomic mass is 32.2. The summed E-state index contributed by atoms with van der Waals surface area (Å²) in [6.45, 7) is 7.93. The molecule has 1 heterocycles. The van der Waals surface area contributed by atoms with Crippen LogP contribution in [0, 0.1) is 5.92 Å². The van der Waals surface area contributed by atoms with Gasteiger partial charge in [-0.2, -0.15) is 0 Å². The molecule has 1 aromatic rings. The summed E-state index contributed by atoms with van der Waals surface area (Å²) >= 11 is 2.03. The zero-order valence-corrected chi connectivity index (χ0v) is 11.2. The first kappa shape index (κ1) is 12.0. The summed E-state index contributed by atoms with van der Waals surface area (Å²) < 4.78 is 0. The van der Waals surface area contributed by atoms with Gasteiger partial charge in [-0.25, -0.2) is 0 Å². The van der Waals surface area contributed by atoms with Crippen molar-refractivity contribution in [3.63, 3.8) is 0 Å². The third-order valence-corrected chi connectivity index (χ3v) is 4.64. The van der Waals surface area contributed by atoms with Crippen LogP contribution in [0.15, 0.2) is 24.3 Å². The number of benzene rings is 1. The summed E-state index contributed by atoms with van der Waals surface area (Å²) in [7, 11) is 0. The van der Waals surface area contributed by atoms with Crippen LogP contribution in [0.3, 0.4) is 0 Å². The highest BCUT2D eigenvalue weighted by molar-refractivity contribution is 7.99. The Labute approximate surface area is 103 Å². The Morgan fingerprint density at radius 3 is 2.44 bits per heavy atom. The van der Waals surface area contributed by atoms with Crippen LogP contribution in [0.1, 0.15) is 43.2 Å². The highest BCUT2D eigenvalue weighted by Crippen LogP contribution is 2.31. The average Bonchev–Trinajstić information content (AvgIpc) is 2.30. The second-order valence-electron chi connectivity index (χ2n) is 5.05. The van der Waals surface area contributed by atoms with E-state index in [-0.39, 0.29) is 0 Å². The second kappa shape index (κ2) is 5.24. The Balaban J connectivity index is 2.04. The van der Waals surface area contributed by atoms with E-state index in [1.54, 1.807) is 0 Å². The molecule has 0 saturated carbocycles. The molecule has 1 aliphatic heterocycles. The van der Waals surface area contributed by atoms with Crippen LogP contribution in [0.5, 0.6) is 0 Å². The molecule has 2 atom stereocenters. The van der Waals surface area contributed by atoms with E-state index in [1.807, 2.05) is 11.8 Å².